The number of hydrogen-bond acceptors (Lipinski definition) is 5. The lowest BCUT2D eigenvalue weighted by Crippen LogP contribution is -2.25. The Morgan fingerprint density at radius 1 is 1.53 bits per heavy atom. The summed E-state index contributed by atoms with van der Waals surface area (Å²) in [6, 6.07) is 0. The van der Waals surface area contributed by atoms with E-state index in [0.717, 1.165) is 16.3 Å². The van der Waals surface area contributed by atoms with Crippen molar-refractivity contribution in [3.05, 3.63) is 29.4 Å². The third kappa shape index (κ3) is 3.99. The van der Waals surface area contributed by atoms with E-state index in [1.165, 1.54) is 11.3 Å². The van der Waals surface area contributed by atoms with E-state index < -0.39 is 0 Å². The average molecular weight is 277 g/mol. The van der Waals surface area contributed by atoms with Crippen LogP contribution >= 0.6 is 11.3 Å². The Hall–Kier alpha value is -2.02. The molecule has 1 amide bonds. The fourth-order valence-electron chi connectivity index (χ4n) is 1.46. The van der Waals surface area contributed by atoms with Gasteiger partial charge in [-0.2, -0.15) is 0 Å². The molecule has 0 aliphatic heterocycles. The largest absolute Gasteiger partial charge is 0.351 e. The summed E-state index contributed by atoms with van der Waals surface area (Å²) in [6.45, 7) is 4.87. The molecule has 0 aliphatic carbocycles. The van der Waals surface area contributed by atoms with Crippen molar-refractivity contribution >= 4 is 17.2 Å². The zero-order valence-corrected chi connectivity index (χ0v) is 11.6. The normalized spacial score (nSPS) is 10.2. The molecule has 2 heterocycles. The minimum absolute atomic E-state index is 0.0831. The van der Waals surface area contributed by atoms with E-state index in [0.29, 0.717) is 13.1 Å². The number of amides is 1. The van der Waals surface area contributed by atoms with Crippen LogP contribution in [0.4, 0.5) is 0 Å². The van der Waals surface area contributed by atoms with Crippen LogP contribution in [0.15, 0.2) is 29.4 Å². The second-order valence-electron chi connectivity index (χ2n) is 4.22. The SMILES string of the molecule is CC(C)=CC(=O)NCCn1cc(-c2nccs2)nn1. The summed E-state index contributed by atoms with van der Waals surface area (Å²) in [7, 11) is 0. The Morgan fingerprint density at radius 3 is 3.05 bits per heavy atom. The van der Waals surface area contributed by atoms with Crippen LogP contribution in [0.3, 0.4) is 0 Å². The van der Waals surface area contributed by atoms with E-state index in [-0.39, 0.29) is 5.91 Å². The van der Waals surface area contributed by atoms with Gasteiger partial charge in [-0.05, 0) is 13.8 Å². The van der Waals surface area contributed by atoms with Gasteiger partial charge in [-0.25, -0.2) is 4.98 Å². The number of hydrogen-bond donors (Lipinski definition) is 1. The molecule has 1 N–H and O–H groups in total. The van der Waals surface area contributed by atoms with Crippen molar-refractivity contribution in [3.8, 4) is 10.7 Å². The number of thiazole rings is 1. The minimum atomic E-state index is -0.0831. The van der Waals surface area contributed by atoms with E-state index in [1.807, 2.05) is 25.4 Å². The van der Waals surface area contributed by atoms with Crippen molar-refractivity contribution in [1.29, 1.82) is 0 Å². The summed E-state index contributed by atoms with van der Waals surface area (Å²) in [4.78, 5) is 15.6. The average Bonchev–Trinajstić information content (AvgIpc) is 2.97. The number of carbonyl (C=O) groups is 1. The molecule has 19 heavy (non-hydrogen) atoms. The molecule has 7 heteroatoms. The van der Waals surface area contributed by atoms with Gasteiger partial charge in [0.25, 0.3) is 0 Å². The number of carbonyl (C=O) groups excluding carboxylic acids is 1. The lowest BCUT2D eigenvalue weighted by atomic mass is 10.3. The van der Waals surface area contributed by atoms with E-state index in [2.05, 4.69) is 20.6 Å². The van der Waals surface area contributed by atoms with Gasteiger partial charge in [-0.15, -0.1) is 16.4 Å². The Morgan fingerprint density at radius 2 is 2.37 bits per heavy atom. The van der Waals surface area contributed by atoms with Gasteiger partial charge in [-0.3, -0.25) is 9.48 Å². The van der Waals surface area contributed by atoms with Crippen LogP contribution in [0.5, 0.6) is 0 Å². The van der Waals surface area contributed by atoms with E-state index in [9.17, 15) is 4.79 Å². The third-order valence-corrected chi connectivity index (χ3v) is 3.05. The van der Waals surface area contributed by atoms with Crippen molar-refractivity contribution in [2.45, 2.75) is 20.4 Å². The molecule has 0 saturated heterocycles. The van der Waals surface area contributed by atoms with Gasteiger partial charge < -0.3 is 5.32 Å². The van der Waals surface area contributed by atoms with Crippen LogP contribution in [0.1, 0.15) is 13.8 Å². The van der Waals surface area contributed by atoms with Gasteiger partial charge in [0.15, 0.2) is 0 Å². The second kappa shape index (κ2) is 6.24. The molecule has 2 rings (SSSR count). The molecule has 0 unspecified atom stereocenters. The maximum atomic E-state index is 11.4. The van der Waals surface area contributed by atoms with Crippen molar-refractivity contribution < 1.29 is 4.79 Å². The highest BCUT2D eigenvalue weighted by Crippen LogP contribution is 2.17. The number of nitrogens with zero attached hydrogens (tertiary/aromatic N) is 4. The molecule has 0 aliphatic rings. The molecule has 100 valence electrons. The highest BCUT2D eigenvalue weighted by Gasteiger charge is 2.05. The molecule has 0 saturated carbocycles. The first-order valence-electron chi connectivity index (χ1n) is 5.88. The first-order chi connectivity index (χ1) is 9.15. The lowest BCUT2D eigenvalue weighted by Gasteiger charge is -2.01. The van der Waals surface area contributed by atoms with E-state index in [4.69, 9.17) is 0 Å². The van der Waals surface area contributed by atoms with Crippen molar-refractivity contribution in [1.82, 2.24) is 25.3 Å². The van der Waals surface area contributed by atoms with Crippen LogP contribution in [-0.4, -0.2) is 32.4 Å². The zero-order chi connectivity index (χ0) is 13.7. The van der Waals surface area contributed by atoms with Gasteiger partial charge in [0.1, 0.15) is 10.7 Å². The number of rotatable bonds is 5. The molecule has 0 spiro atoms. The van der Waals surface area contributed by atoms with Crippen LogP contribution in [-0.2, 0) is 11.3 Å². The van der Waals surface area contributed by atoms with Crippen LogP contribution < -0.4 is 5.32 Å². The molecule has 6 nitrogen and oxygen atoms in total. The smallest absolute Gasteiger partial charge is 0.243 e. The molecule has 0 radical (unpaired) electrons. The molecular formula is C12H15N5OS. The summed E-state index contributed by atoms with van der Waals surface area (Å²) in [6.07, 6.45) is 5.13. The van der Waals surface area contributed by atoms with Crippen LogP contribution in [0, 0.1) is 0 Å². The maximum absolute atomic E-state index is 11.4. The molecule has 0 aromatic carbocycles. The molecular weight excluding hydrogens is 262 g/mol. The summed E-state index contributed by atoms with van der Waals surface area (Å²) < 4.78 is 1.69. The minimum Gasteiger partial charge on any atom is -0.351 e. The first kappa shape index (κ1) is 13.4. The molecule has 0 fully saturated rings. The topological polar surface area (TPSA) is 72.7 Å². The van der Waals surface area contributed by atoms with Gasteiger partial charge >= 0.3 is 0 Å². The highest BCUT2D eigenvalue weighted by atomic mass is 32.1. The zero-order valence-electron chi connectivity index (χ0n) is 10.8. The summed E-state index contributed by atoms with van der Waals surface area (Å²) in [5.41, 5.74) is 1.73. The predicted molar refractivity (Wildman–Crippen MR) is 73.6 cm³/mol. The second-order valence-corrected chi connectivity index (χ2v) is 5.11. The molecule has 0 atom stereocenters. The fourth-order valence-corrected chi connectivity index (χ4v) is 2.05. The quantitative estimate of drug-likeness (QED) is 0.840. The molecule has 0 bridgehead atoms. The Labute approximate surface area is 115 Å². The maximum Gasteiger partial charge on any atom is 0.243 e. The summed E-state index contributed by atoms with van der Waals surface area (Å²) in [5, 5.41) is 13.6. The summed E-state index contributed by atoms with van der Waals surface area (Å²) in [5.74, 6) is -0.0831. The number of allylic oxidation sites excluding steroid dienone is 1. The van der Waals surface area contributed by atoms with Gasteiger partial charge in [0, 0.05) is 24.2 Å². The number of nitrogens with one attached hydrogen (secondary N) is 1. The monoisotopic (exact) mass is 277 g/mol. The van der Waals surface area contributed by atoms with E-state index in [1.54, 1.807) is 17.0 Å². The van der Waals surface area contributed by atoms with Gasteiger partial charge in [-0.1, -0.05) is 10.8 Å². The predicted octanol–water partition coefficient (Wildman–Crippen LogP) is 1.48. The third-order valence-electron chi connectivity index (χ3n) is 2.25. The lowest BCUT2D eigenvalue weighted by molar-refractivity contribution is -0.116. The van der Waals surface area contributed by atoms with Crippen LogP contribution in [0.25, 0.3) is 10.7 Å². The molecule has 2 aromatic heterocycles. The standard InChI is InChI=1S/C12H15N5OS/c1-9(2)7-11(18)13-3-5-17-8-10(15-16-17)12-14-4-6-19-12/h4,6-8H,3,5H2,1-2H3,(H,13,18). The highest BCUT2D eigenvalue weighted by molar-refractivity contribution is 7.13. The molecule has 2 aromatic rings. The van der Waals surface area contributed by atoms with Crippen molar-refractivity contribution in [2.24, 2.45) is 0 Å². The Balaban J connectivity index is 1.84. The van der Waals surface area contributed by atoms with E-state index >= 15 is 0 Å². The fraction of sp³-hybridized carbons (Fsp3) is 0.333. The number of aromatic nitrogens is 4. The Bertz CT molecular complexity index is 569. The van der Waals surface area contributed by atoms with Gasteiger partial charge in [0.2, 0.25) is 5.91 Å². The van der Waals surface area contributed by atoms with Crippen LogP contribution in [0.2, 0.25) is 0 Å². The van der Waals surface area contributed by atoms with Crippen molar-refractivity contribution in [2.75, 3.05) is 6.54 Å². The van der Waals surface area contributed by atoms with Gasteiger partial charge in [0.05, 0.1) is 12.7 Å². The first-order valence-corrected chi connectivity index (χ1v) is 6.76. The van der Waals surface area contributed by atoms with Crippen molar-refractivity contribution in [3.63, 3.8) is 0 Å². The summed E-state index contributed by atoms with van der Waals surface area (Å²) >= 11 is 1.52. The Kier molecular flexibility index (Phi) is 4.40.